The molecular weight excluding hydrogens is 246 g/mol. The van der Waals surface area contributed by atoms with Crippen LogP contribution in [0.25, 0.3) is 0 Å². The molecule has 0 atom stereocenters. The molecule has 0 amide bonds. The molecule has 1 aromatic carbocycles. The predicted octanol–water partition coefficient (Wildman–Crippen LogP) is 4.00. The molecule has 0 fully saturated rings. The highest BCUT2D eigenvalue weighted by Gasteiger charge is 2.07. The molecule has 0 unspecified atom stereocenters. The first kappa shape index (κ1) is 14.1. The van der Waals surface area contributed by atoms with E-state index in [2.05, 4.69) is 61.4 Å². The quantitative estimate of drug-likeness (QED) is 0.909. The van der Waals surface area contributed by atoms with Gasteiger partial charge in [-0.3, -0.25) is 0 Å². The van der Waals surface area contributed by atoms with E-state index in [9.17, 15) is 0 Å². The van der Waals surface area contributed by atoms with Crippen molar-refractivity contribution in [2.45, 2.75) is 33.2 Å². The summed E-state index contributed by atoms with van der Waals surface area (Å²) in [5, 5.41) is 12.4. The lowest BCUT2D eigenvalue weighted by Gasteiger charge is -2.11. The largest absolute Gasteiger partial charge is 0.365 e. The van der Waals surface area contributed by atoms with E-state index in [-0.39, 0.29) is 0 Å². The van der Waals surface area contributed by atoms with Gasteiger partial charge in [0, 0.05) is 12.2 Å². The minimum Gasteiger partial charge on any atom is -0.365 e. The predicted molar refractivity (Wildman–Crippen MR) is 81.5 cm³/mol. The zero-order chi connectivity index (χ0) is 14.5. The molecule has 0 saturated heterocycles. The summed E-state index contributed by atoms with van der Waals surface area (Å²) in [6.07, 6.45) is 0. The van der Waals surface area contributed by atoms with Crippen LogP contribution in [0.3, 0.4) is 0 Å². The minimum absolute atomic E-state index is 0.350. The fourth-order valence-corrected chi connectivity index (χ4v) is 1.91. The molecule has 102 valence electrons. The van der Waals surface area contributed by atoms with Crippen LogP contribution in [-0.2, 0) is 6.54 Å². The molecule has 0 spiro atoms. The van der Waals surface area contributed by atoms with Gasteiger partial charge >= 0.3 is 0 Å². The molecule has 20 heavy (non-hydrogen) atoms. The second-order valence-electron chi connectivity index (χ2n) is 5.24. The van der Waals surface area contributed by atoms with Crippen LogP contribution in [0, 0.1) is 18.3 Å². The van der Waals surface area contributed by atoms with E-state index >= 15 is 0 Å². The Hall–Kier alpha value is -2.34. The second kappa shape index (κ2) is 6.21. The van der Waals surface area contributed by atoms with E-state index in [4.69, 9.17) is 5.26 Å². The molecule has 0 saturated carbocycles. The molecule has 0 aliphatic heterocycles. The third-order valence-electron chi connectivity index (χ3n) is 3.21. The highest BCUT2D eigenvalue weighted by molar-refractivity contribution is 5.52. The van der Waals surface area contributed by atoms with Crippen LogP contribution in [0.1, 0.15) is 42.1 Å². The van der Waals surface area contributed by atoms with Crippen molar-refractivity contribution < 1.29 is 0 Å². The average Bonchev–Trinajstić information content (AvgIpc) is 2.46. The summed E-state index contributed by atoms with van der Waals surface area (Å²) in [5.74, 6) is 1.02. The fourth-order valence-electron chi connectivity index (χ4n) is 1.91. The van der Waals surface area contributed by atoms with Gasteiger partial charge in [0.25, 0.3) is 0 Å². The molecule has 0 aliphatic carbocycles. The summed E-state index contributed by atoms with van der Waals surface area (Å²) in [7, 11) is 0. The summed E-state index contributed by atoms with van der Waals surface area (Å²) >= 11 is 0. The topological polar surface area (TPSA) is 48.7 Å². The molecule has 2 rings (SSSR count). The lowest BCUT2D eigenvalue weighted by Crippen LogP contribution is -2.05. The normalized spacial score (nSPS) is 10.3. The Balaban J connectivity index is 2.17. The number of anilines is 1. The first-order valence-corrected chi connectivity index (χ1v) is 6.80. The number of hydrogen-bond donors (Lipinski definition) is 1. The van der Waals surface area contributed by atoms with E-state index in [1.807, 2.05) is 12.1 Å². The maximum absolute atomic E-state index is 9.15. The molecule has 0 aliphatic rings. The van der Waals surface area contributed by atoms with Gasteiger partial charge in [0.2, 0.25) is 0 Å². The van der Waals surface area contributed by atoms with Gasteiger partial charge in [-0.1, -0.05) is 43.7 Å². The third kappa shape index (κ3) is 3.36. The van der Waals surface area contributed by atoms with Crippen LogP contribution in [0.5, 0.6) is 0 Å². The van der Waals surface area contributed by atoms with Crippen LogP contribution in [-0.4, -0.2) is 4.98 Å². The summed E-state index contributed by atoms with van der Waals surface area (Å²) in [5.41, 5.74) is 4.00. The van der Waals surface area contributed by atoms with Gasteiger partial charge in [-0.25, -0.2) is 4.98 Å². The van der Waals surface area contributed by atoms with Crippen LogP contribution < -0.4 is 5.32 Å². The van der Waals surface area contributed by atoms with Crippen molar-refractivity contribution in [1.82, 2.24) is 4.98 Å². The number of aromatic nitrogens is 1. The smallest absolute Gasteiger partial charge is 0.144 e. The van der Waals surface area contributed by atoms with Crippen LogP contribution in [0.4, 0.5) is 5.82 Å². The van der Waals surface area contributed by atoms with Crippen LogP contribution in [0.15, 0.2) is 36.4 Å². The standard InChI is InChI=1S/C17H19N3/c1-12(2)16-9-8-15(10-18)17(20-16)19-11-14-6-4-13(3)5-7-14/h4-9,12H,11H2,1-3H3,(H,19,20). The van der Waals surface area contributed by atoms with Crippen molar-refractivity contribution in [2.75, 3.05) is 5.32 Å². The maximum Gasteiger partial charge on any atom is 0.144 e. The number of aryl methyl sites for hydroxylation is 1. The molecule has 2 aromatic rings. The van der Waals surface area contributed by atoms with E-state index in [0.29, 0.717) is 23.8 Å². The molecule has 0 radical (unpaired) electrons. The summed E-state index contributed by atoms with van der Waals surface area (Å²) in [4.78, 5) is 4.54. The van der Waals surface area contributed by atoms with E-state index in [1.54, 1.807) is 0 Å². The van der Waals surface area contributed by atoms with E-state index < -0.39 is 0 Å². The molecule has 1 heterocycles. The number of nitriles is 1. The number of rotatable bonds is 4. The Morgan fingerprint density at radius 1 is 1.15 bits per heavy atom. The number of nitrogens with zero attached hydrogens (tertiary/aromatic N) is 2. The lowest BCUT2D eigenvalue weighted by molar-refractivity contribution is 0.822. The van der Waals surface area contributed by atoms with Gasteiger partial charge < -0.3 is 5.32 Å². The number of pyridine rings is 1. The minimum atomic E-state index is 0.350. The van der Waals surface area contributed by atoms with Crippen molar-refractivity contribution in [1.29, 1.82) is 5.26 Å². The lowest BCUT2D eigenvalue weighted by atomic mass is 10.1. The first-order valence-electron chi connectivity index (χ1n) is 6.80. The Morgan fingerprint density at radius 3 is 2.45 bits per heavy atom. The zero-order valence-corrected chi connectivity index (χ0v) is 12.1. The van der Waals surface area contributed by atoms with Gasteiger partial charge in [0.15, 0.2) is 0 Å². The molecule has 0 bridgehead atoms. The SMILES string of the molecule is Cc1ccc(CNc2nc(C(C)C)ccc2C#N)cc1. The van der Waals surface area contributed by atoms with Gasteiger partial charge in [-0.05, 0) is 30.5 Å². The van der Waals surface area contributed by atoms with Crippen molar-refractivity contribution in [3.05, 3.63) is 58.8 Å². The van der Waals surface area contributed by atoms with Gasteiger partial charge in [0.1, 0.15) is 11.9 Å². The number of benzene rings is 1. The fraction of sp³-hybridized carbons (Fsp3) is 0.294. The number of nitrogens with one attached hydrogen (secondary N) is 1. The Kier molecular flexibility index (Phi) is 4.37. The zero-order valence-electron chi connectivity index (χ0n) is 12.1. The second-order valence-corrected chi connectivity index (χ2v) is 5.24. The van der Waals surface area contributed by atoms with Gasteiger partial charge in [-0.2, -0.15) is 5.26 Å². The number of hydrogen-bond acceptors (Lipinski definition) is 3. The van der Waals surface area contributed by atoms with Crippen molar-refractivity contribution in [3.63, 3.8) is 0 Å². The van der Waals surface area contributed by atoms with E-state index in [1.165, 1.54) is 11.1 Å². The van der Waals surface area contributed by atoms with Gasteiger partial charge in [-0.15, -0.1) is 0 Å². The first-order chi connectivity index (χ1) is 9.60. The Morgan fingerprint density at radius 2 is 1.85 bits per heavy atom. The highest BCUT2D eigenvalue weighted by atomic mass is 15.0. The molecule has 3 nitrogen and oxygen atoms in total. The maximum atomic E-state index is 9.15. The van der Waals surface area contributed by atoms with Gasteiger partial charge in [0.05, 0.1) is 5.56 Å². The molecular formula is C17H19N3. The van der Waals surface area contributed by atoms with E-state index in [0.717, 1.165) is 5.69 Å². The summed E-state index contributed by atoms with van der Waals surface area (Å²) in [6.45, 7) is 6.93. The molecule has 1 aromatic heterocycles. The molecule has 1 N–H and O–H groups in total. The average molecular weight is 265 g/mol. The van der Waals surface area contributed by atoms with Crippen molar-refractivity contribution >= 4 is 5.82 Å². The van der Waals surface area contributed by atoms with Crippen molar-refractivity contribution in [2.24, 2.45) is 0 Å². The Bertz CT molecular complexity index is 622. The Labute approximate surface area is 120 Å². The van der Waals surface area contributed by atoms with Crippen molar-refractivity contribution in [3.8, 4) is 6.07 Å². The third-order valence-corrected chi connectivity index (χ3v) is 3.21. The van der Waals surface area contributed by atoms with Crippen LogP contribution >= 0.6 is 0 Å². The molecule has 3 heteroatoms. The highest BCUT2D eigenvalue weighted by Crippen LogP contribution is 2.19. The monoisotopic (exact) mass is 265 g/mol. The van der Waals surface area contributed by atoms with Crippen LogP contribution in [0.2, 0.25) is 0 Å². The summed E-state index contributed by atoms with van der Waals surface area (Å²) in [6, 6.07) is 14.3. The summed E-state index contributed by atoms with van der Waals surface area (Å²) < 4.78 is 0.